The van der Waals surface area contributed by atoms with Crippen LogP contribution >= 0.6 is 0 Å². The number of carbonyl (C=O) groups excluding carboxylic acids is 2. The Kier molecular flexibility index (Phi) is 6.02. The van der Waals surface area contributed by atoms with E-state index in [0.29, 0.717) is 24.8 Å². The molecular formula is C19H28N4O2. The summed E-state index contributed by atoms with van der Waals surface area (Å²) in [5.41, 5.74) is 1.15. The lowest BCUT2D eigenvalue weighted by Crippen LogP contribution is -2.57. The van der Waals surface area contributed by atoms with Crippen molar-refractivity contribution < 1.29 is 9.59 Å². The van der Waals surface area contributed by atoms with Crippen LogP contribution in [0.3, 0.4) is 0 Å². The molecule has 1 N–H and O–H groups in total. The van der Waals surface area contributed by atoms with Crippen LogP contribution in [0.25, 0.3) is 0 Å². The highest BCUT2D eigenvalue weighted by Gasteiger charge is 2.39. The first-order valence-electron chi connectivity index (χ1n) is 9.30. The molecule has 1 aromatic rings. The first-order chi connectivity index (χ1) is 12.2. The summed E-state index contributed by atoms with van der Waals surface area (Å²) < 4.78 is 0. The number of aromatic nitrogens is 1. The van der Waals surface area contributed by atoms with Gasteiger partial charge in [0, 0.05) is 57.5 Å². The Bertz CT molecular complexity index is 592. The van der Waals surface area contributed by atoms with Crippen molar-refractivity contribution in [2.75, 3.05) is 33.2 Å². The van der Waals surface area contributed by atoms with Gasteiger partial charge in [-0.25, -0.2) is 0 Å². The summed E-state index contributed by atoms with van der Waals surface area (Å²) >= 11 is 0. The molecule has 25 heavy (non-hydrogen) atoms. The average Bonchev–Trinajstić information content (AvgIpc) is 2.66. The fourth-order valence-electron chi connectivity index (χ4n) is 4.06. The largest absolute Gasteiger partial charge is 0.342 e. The number of likely N-dealkylation sites (tertiary alicyclic amines) is 2. The van der Waals surface area contributed by atoms with Crippen LogP contribution < -0.4 is 5.32 Å². The number of aryl methyl sites for hydroxylation is 1. The SMILES string of the molecule is CNCCN1C(=O)CC[C@H]2CN(C(=O)CCc3ccncc3)CC[C@H]21. The number of carbonyl (C=O) groups is 2. The summed E-state index contributed by atoms with van der Waals surface area (Å²) in [6, 6.07) is 4.23. The van der Waals surface area contributed by atoms with Crippen LogP contribution in [0.15, 0.2) is 24.5 Å². The highest BCUT2D eigenvalue weighted by atomic mass is 16.2. The molecule has 0 unspecified atom stereocenters. The maximum Gasteiger partial charge on any atom is 0.222 e. The molecule has 0 aromatic carbocycles. The van der Waals surface area contributed by atoms with E-state index in [1.54, 1.807) is 12.4 Å². The second-order valence-electron chi connectivity index (χ2n) is 7.04. The van der Waals surface area contributed by atoms with Gasteiger partial charge in [-0.05, 0) is 49.9 Å². The minimum absolute atomic E-state index is 0.230. The molecular weight excluding hydrogens is 316 g/mol. The van der Waals surface area contributed by atoms with Gasteiger partial charge in [0.1, 0.15) is 0 Å². The molecule has 0 radical (unpaired) electrons. The normalized spacial score (nSPS) is 23.5. The zero-order valence-electron chi connectivity index (χ0n) is 15.0. The number of hydrogen-bond acceptors (Lipinski definition) is 4. The Morgan fingerprint density at radius 2 is 2.12 bits per heavy atom. The highest BCUT2D eigenvalue weighted by molar-refractivity contribution is 5.78. The van der Waals surface area contributed by atoms with Crippen molar-refractivity contribution in [3.63, 3.8) is 0 Å². The molecule has 0 spiro atoms. The summed E-state index contributed by atoms with van der Waals surface area (Å²) in [5, 5.41) is 3.13. The Labute approximate surface area is 149 Å². The predicted molar refractivity (Wildman–Crippen MR) is 95.9 cm³/mol. The standard InChI is InChI=1S/C19H28N4O2/c1-20-11-13-23-17-8-12-22(14-16(17)3-5-19(23)25)18(24)4-2-15-6-9-21-10-7-15/h6-7,9-10,16-17,20H,2-5,8,11-14H2,1H3/t16-,17+/m0/s1. The molecule has 2 aliphatic heterocycles. The van der Waals surface area contributed by atoms with E-state index < -0.39 is 0 Å². The molecule has 0 bridgehead atoms. The van der Waals surface area contributed by atoms with E-state index in [9.17, 15) is 9.59 Å². The van der Waals surface area contributed by atoms with Crippen LogP contribution in [0.4, 0.5) is 0 Å². The van der Waals surface area contributed by atoms with Crippen molar-refractivity contribution in [1.29, 1.82) is 0 Å². The highest BCUT2D eigenvalue weighted by Crippen LogP contribution is 2.31. The lowest BCUT2D eigenvalue weighted by atomic mass is 9.83. The zero-order valence-corrected chi connectivity index (χ0v) is 15.0. The van der Waals surface area contributed by atoms with E-state index in [1.807, 2.05) is 29.0 Å². The molecule has 3 rings (SSSR count). The van der Waals surface area contributed by atoms with Crippen LogP contribution in [-0.4, -0.2) is 65.9 Å². The van der Waals surface area contributed by atoms with Crippen LogP contribution in [0.1, 0.15) is 31.2 Å². The van der Waals surface area contributed by atoms with E-state index >= 15 is 0 Å². The Hall–Kier alpha value is -1.95. The van der Waals surface area contributed by atoms with E-state index in [4.69, 9.17) is 0 Å². The number of nitrogens with one attached hydrogen (secondary N) is 1. The number of pyridine rings is 1. The van der Waals surface area contributed by atoms with Gasteiger partial charge in [0.15, 0.2) is 0 Å². The minimum atomic E-state index is 0.230. The summed E-state index contributed by atoms with van der Waals surface area (Å²) in [4.78, 5) is 32.9. The molecule has 0 saturated carbocycles. The molecule has 2 atom stereocenters. The minimum Gasteiger partial charge on any atom is -0.342 e. The maximum absolute atomic E-state index is 12.6. The molecule has 6 heteroatoms. The summed E-state index contributed by atoms with van der Waals surface area (Å²) in [5.74, 6) is 0.927. The van der Waals surface area contributed by atoms with Crippen molar-refractivity contribution in [2.45, 2.75) is 38.1 Å². The molecule has 3 heterocycles. The van der Waals surface area contributed by atoms with Gasteiger partial charge < -0.3 is 15.1 Å². The lowest BCUT2D eigenvalue weighted by molar-refractivity contribution is -0.144. The van der Waals surface area contributed by atoms with Crippen LogP contribution in [0.5, 0.6) is 0 Å². The summed E-state index contributed by atoms with van der Waals surface area (Å²) in [7, 11) is 1.91. The van der Waals surface area contributed by atoms with E-state index in [1.165, 1.54) is 0 Å². The first-order valence-corrected chi connectivity index (χ1v) is 9.30. The number of likely N-dealkylation sites (N-methyl/N-ethyl adjacent to an activating group) is 1. The quantitative estimate of drug-likeness (QED) is 0.838. The van der Waals surface area contributed by atoms with E-state index in [-0.39, 0.29) is 11.8 Å². The molecule has 2 aliphatic rings. The van der Waals surface area contributed by atoms with Crippen LogP contribution in [0, 0.1) is 5.92 Å². The van der Waals surface area contributed by atoms with Crippen LogP contribution in [-0.2, 0) is 16.0 Å². The van der Waals surface area contributed by atoms with Crippen molar-refractivity contribution in [1.82, 2.24) is 20.1 Å². The zero-order chi connectivity index (χ0) is 17.6. The third-order valence-electron chi connectivity index (χ3n) is 5.48. The fraction of sp³-hybridized carbons (Fsp3) is 0.632. The van der Waals surface area contributed by atoms with Crippen molar-refractivity contribution in [2.24, 2.45) is 5.92 Å². The smallest absolute Gasteiger partial charge is 0.222 e. The number of amides is 2. The van der Waals surface area contributed by atoms with Gasteiger partial charge in [-0.3, -0.25) is 14.6 Å². The summed E-state index contributed by atoms with van der Waals surface area (Å²) in [6.07, 6.45) is 7.27. The van der Waals surface area contributed by atoms with Gasteiger partial charge in [-0.2, -0.15) is 0 Å². The molecule has 136 valence electrons. The molecule has 1 aromatic heterocycles. The number of nitrogens with zero attached hydrogens (tertiary/aromatic N) is 3. The molecule has 0 aliphatic carbocycles. The topological polar surface area (TPSA) is 65.5 Å². The second-order valence-corrected chi connectivity index (χ2v) is 7.04. The van der Waals surface area contributed by atoms with Gasteiger partial charge >= 0.3 is 0 Å². The number of hydrogen-bond donors (Lipinski definition) is 1. The van der Waals surface area contributed by atoms with Gasteiger partial charge in [0.2, 0.25) is 11.8 Å². The Morgan fingerprint density at radius 3 is 2.88 bits per heavy atom. The average molecular weight is 344 g/mol. The molecule has 2 saturated heterocycles. The van der Waals surface area contributed by atoms with Gasteiger partial charge in [0.25, 0.3) is 0 Å². The first kappa shape index (κ1) is 17.9. The second kappa shape index (κ2) is 8.43. The monoisotopic (exact) mass is 344 g/mol. The number of fused-ring (bicyclic) bond motifs is 1. The van der Waals surface area contributed by atoms with Gasteiger partial charge in [-0.1, -0.05) is 0 Å². The third kappa shape index (κ3) is 4.37. The Balaban J connectivity index is 1.53. The lowest BCUT2D eigenvalue weighted by Gasteiger charge is -2.47. The number of rotatable bonds is 6. The summed E-state index contributed by atoms with van der Waals surface area (Å²) in [6.45, 7) is 3.15. The van der Waals surface area contributed by atoms with Crippen molar-refractivity contribution in [3.05, 3.63) is 30.1 Å². The van der Waals surface area contributed by atoms with Crippen LogP contribution in [0.2, 0.25) is 0 Å². The maximum atomic E-state index is 12.6. The van der Waals surface area contributed by atoms with Crippen molar-refractivity contribution in [3.8, 4) is 0 Å². The third-order valence-corrected chi connectivity index (χ3v) is 5.48. The molecule has 6 nitrogen and oxygen atoms in total. The molecule has 2 amide bonds. The van der Waals surface area contributed by atoms with Gasteiger partial charge in [0.05, 0.1) is 0 Å². The van der Waals surface area contributed by atoms with Gasteiger partial charge in [-0.15, -0.1) is 0 Å². The molecule has 2 fully saturated rings. The van der Waals surface area contributed by atoms with E-state index in [0.717, 1.165) is 51.0 Å². The van der Waals surface area contributed by atoms with E-state index in [2.05, 4.69) is 10.3 Å². The van der Waals surface area contributed by atoms with Crippen molar-refractivity contribution >= 4 is 11.8 Å². The Morgan fingerprint density at radius 1 is 1.32 bits per heavy atom. The number of piperidine rings is 2. The fourth-order valence-corrected chi connectivity index (χ4v) is 4.06. The predicted octanol–water partition coefficient (Wildman–Crippen LogP) is 1.07.